The van der Waals surface area contributed by atoms with Crippen molar-refractivity contribution in [3.63, 3.8) is 0 Å². The largest absolute Gasteiger partial charge is 0.461 e. The average molecular weight is 390 g/mol. The van der Waals surface area contributed by atoms with Crippen LogP contribution in [0, 0.1) is 4.91 Å². The number of amides is 1. The summed E-state index contributed by atoms with van der Waals surface area (Å²) in [7, 11) is 0. The topological polar surface area (TPSA) is 113 Å². The van der Waals surface area contributed by atoms with Crippen molar-refractivity contribution < 1.29 is 9.80 Å². The van der Waals surface area contributed by atoms with Gasteiger partial charge in [-0.25, -0.2) is 9.78 Å². The third kappa shape index (κ3) is 5.35. The molecule has 0 bridgehead atoms. The number of hydrogen-bond acceptors (Lipinski definition) is 6. The molecule has 29 heavy (non-hydrogen) atoms. The third-order valence-corrected chi connectivity index (χ3v) is 4.54. The molecular weight excluding hydrogens is 368 g/mol. The van der Waals surface area contributed by atoms with Gasteiger partial charge in [-0.3, -0.25) is 4.98 Å². The molecule has 148 valence electrons. The van der Waals surface area contributed by atoms with Crippen molar-refractivity contribution in [1.82, 2.24) is 15.3 Å². The number of pyridine rings is 2. The van der Waals surface area contributed by atoms with Crippen LogP contribution in [0.15, 0.2) is 78.2 Å². The number of nitrogens with one attached hydrogen (secondary N) is 3. The van der Waals surface area contributed by atoms with Crippen molar-refractivity contribution in [2.75, 3.05) is 6.54 Å². The first-order valence-electron chi connectivity index (χ1n) is 9.27. The van der Waals surface area contributed by atoms with Gasteiger partial charge < -0.3 is 16.2 Å². The summed E-state index contributed by atoms with van der Waals surface area (Å²) in [5, 5.41) is 6.24. The van der Waals surface area contributed by atoms with Crippen LogP contribution in [-0.4, -0.2) is 22.4 Å². The normalized spacial score (nSPS) is 12.9. The standard InChI is InChI=1S/C21H22N6O2/c22-27(21(28)19-10-4-6-13-25-19)20(17-8-1-2-9-18(17)26-29)11-14-23-15-16-7-3-5-12-24-16/h1-10,12-13,20,22-23,27H,11,14-15H2. The molecule has 2 heterocycles. The van der Waals surface area contributed by atoms with E-state index in [1.165, 1.54) is 6.20 Å². The van der Waals surface area contributed by atoms with Crippen LogP contribution in [0.3, 0.4) is 0 Å². The summed E-state index contributed by atoms with van der Waals surface area (Å²) >= 11 is 0. The lowest BCUT2D eigenvalue weighted by Crippen LogP contribution is -3.08. The predicted molar refractivity (Wildman–Crippen MR) is 109 cm³/mol. The third-order valence-electron chi connectivity index (χ3n) is 4.54. The SMILES string of the molecule is [NH-][NH+](C(=O)c1ccccn1)C(CCNCc1ccccn1)c1ccccc1N=O. The Morgan fingerprint density at radius 1 is 1.03 bits per heavy atom. The van der Waals surface area contributed by atoms with Gasteiger partial charge in [-0.2, -0.15) is 0 Å². The van der Waals surface area contributed by atoms with E-state index in [0.717, 1.165) is 5.69 Å². The minimum absolute atomic E-state index is 0.112. The number of nitroso groups, excluding NO2 is 1. The van der Waals surface area contributed by atoms with Crippen molar-refractivity contribution in [3.05, 3.63) is 101 Å². The van der Waals surface area contributed by atoms with Crippen molar-refractivity contribution in [3.8, 4) is 0 Å². The molecule has 3 rings (SSSR count). The van der Waals surface area contributed by atoms with Crippen molar-refractivity contribution >= 4 is 11.6 Å². The van der Waals surface area contributed by atoms with Gasteiger partial charge in [-0.05, 0) is 35.5 Å². The fourth-order valence-corrected chi connectivity index (χ4v) is 3.08. The van der Waals surface area contributed by atoms with E-state index in [1.807, 2.05) is 18.2 Å². The fraction of sp³-hybridized carbons (Fsp3) is 0.190. The van der Waals surface area contributed by atoms with Gasteiger partial charge in [-0.1, -0.05) is 30.3 Å². The number of hydrogen-bond donors (Lipinski definition) is 2. The molecule has 0 radical (unpaired) electrons. The van der Waals surface area contributed by atoms with Crippen LogP contribution in [0.4, 0.5) is 5.69 Å². The number of quaternary nitrogens is 1. The smallest absolute Gasteiger partial charge is 0.353 e. The van der Waals surface area contributed by atoms with E-state index in [1.54, 1.807) is 48.7 Å². The second kappa shape index (κ2) is 10.3. The average Bonchev–Trinajstić information content (AvgIpc) is 2.79. The number of aromatic nitrogens is 2. The maximum atomic E-state index is 12.8. The van der Waals surface area contributed by atoms with Crippen LogP contribution in [-0.2, 0) is 6.54 Å². The van der Waals surface area contributed by atoms with Gasteiger partial charge in [0.25, 0.3) is 0 Å². The molecule has 0 aliphatic carbocycles. The van der Waals surface area contributed by atoms with Crippen LogP contribution < -0.4 is 10.3 Å². The second-order valence-corrected chi connectivity index (χ2v) is 6.45. The summed E-state index contributed by atoms with van der Waals surface area (Å²) in [6.07, 6.45) is 3.70. The number of rotatable bonds is 9. The molecule has 1 aromatic carbocycles. The predicted octanol–water partition coefficient (Wildman–Crippen LogP) is 2.79. The summed E-state index contributed by atoms with van der Waals surface area (Å²) in [4.78, 5) is 32.4. The fourth-order valence-electron chi connectivity index (χ4n) is 3.08. The number of carbonyl (C=O) groups excluding carboxylic acids is 1. The molecule has 0 saturated heterocycles. The van der Waals surface area contributed by atoms with E-state index in [9.17, 15) is 9.70 Å². The molecule has 3 N–H and O–H groups in total. The highest BCUT2D eigenvalue weighted by Gasteiger charge is 2.27. The van der Waals surface area contributed by atoms with Gasteiger partial charge in [0.1, 0.15) is 11.7 Å². The maximum absolute atomic E-state index is 12.8. The molecule has 2 unspecified atom stereocenters. The van der Waals surface area contributed by atoms with Gasteiger partial charge in [0.2, 0.25) is 0 Å². The Bertz CT molecular complexity index is 936. The van der Waals surface area contributed by atoms with Crippen LogP contribution in [0.1, 0.15) is 34.2 Å². The van der Waals surface area contributed by atoms with Crippen molar-refractivity contribution in [2.24, 2.45) is 5.18 Å². The number of carbonyl (C=O) groups is 1. The van der Waals surface area contributed by atoms with Crippen LogP contribution in [0.2, 0.25) is 0 Å². The molecule has 0 aliphatic heterocycles. The van der Waals surface area contributed by atoms with Crippen LogP contribution in [0.5, 0.6) is 0 Å². The summed E-state index contributed by atoms with van der Waals surface area (Å²) in [6, 6.07) is 16.9. The Morgan fingerprint density at radius 2 is 1.76 bits per heavy atom. The Hall–Kier alpha value is -3.33. The van der Waals surface area contributed by atoms with Crippen LogP contribution in [0.25, 0.3) is 5.84 Å². The lowest BCUT2D eigenvalue weighted by atomic mass is 10.0. The zero-order valence-electron chi connectivity index (χ0n) is 15.8. The van der Waals surface area contributed by atoms with Crippen LogP contribution >= 0.6 is 0 Å². The zero-order chi connectivity index (χ0) is 20.5. The molecule has 1 amide bonds. The summed E-state index contributed by atoms with van der Waals surface area (Å²) in [6.45, 7) is 1.11. The van der Waals surface area contributed by atoms with E-state index >= 15 is 0 Å². The summed E-state index contributed by atoms with van der Waals surface area (Å²) in [5.41, 5.74) is 1.91. The van der Waals surface area contributed by atoms with Gasteiger partial charge >= 0.3 is 5.91 Å². The van der Waals surface area contributed by atoms with Gasteiger partial charge in [0.15, 0.2) is 5.69 Å². The van der Waals surface area contributed by atoms with E-state index < -0.39 is 11.9 Å². The molecule has 3 aromatic rings. The molecule has 0 saturated carbocycles. The maximum Gasteiger partial charge on any atom is 0.353 e. The summed E-state index contributed by atoms with van der Waals surface area (Å²) in [5.74, 6) is 8.07. The van der Waals surface area contributed by atoms with Crippen molar-refractivity contribution in [1.29, 1.82) is 0 Å². The highest BCUT2D eigenvalue weighted by molar-refractivity contribution is 5.85. The molecule has 0 aliphatic rings. The molecule has 8 nitrogen and oxygen atoms in total. The molecule has 8 heteroatoms. The Balaban J connectivity index is 1.76. The minimum atomic E-state index is -0.574. The van der Waals surface area contributed by atoms with E-state index in [0.29, 0.717) is 25.1 Å². The lowest BCUT2D eigenvalue weighted by Gasteiger charge is -2.29. The number of benzene rings is 1. The van der Waals surface area contributed by atoms with Gasteiger partial charge in [0.05, 0.1) is 5.69 Å². The van der Waals surface area contributed by atoms with Crippen molar-refractivity contribution in [2.45, 2.75) is 19.0 Å². The first-order chi connectivity index (χ1) is 14.2. The monoisotopic (exact) mass is 390 g/mol. The Morgan fingerprint density at radius 3 is 2.45 bits per heavy atom. The molecule has 0 spiro atoms. The quantitative estimate of drug-likeness (QED) is 0.331. The summed E-state index contributed by atoms with van der Waals surface area (Å²) < 4.78 is 0. The van der Waals surface area contributed by atoms with E-state index in [4.69, 9.17) is 5.84 Å². The lowest BCUT2D eigenvalue weighted by molar-refractivity contribution is -0.796. The number of nitrogens with zero attached hydrogens (tertiary/aromatic N) is 3. The first-order valence-corrected chi connectivity index (χ1v) is 9.27. The minimum Gasteiger partial charge on any atom is -0.461 e. The molecule has 2 aromatic heterocycles. The highest BCUT2D eigenvalue weighted by Crippen LogP contribution is 2.25. The first kappa shape index (κ1) is 20.4. The zero-order valence-corrected chi connectivity index (χ0v) is 15.8. The van der Waals surface area contributed by atoms with E-state index in [2.05, 4.69) is 20.5 Å². The van der Waals surface area contributed by atoms with Gasteiger partial charge in [-0.15, -0.1) is 4.91 Å². The molecule has 0 fully saturated rings. The Kier molecular flexibility index (Phi) is 7.23. The highest BCUT2D eigenvalue weighted by atomic mass is 16.3. The second-order valence-electron chi connectivity index (χ2n) is 6.45. The molecular formula is C21H22N6O2. The van der Waals surface area contributed by atoms with Gasteiger partial charge in [0, 0.05) is 37.5 Å². The molecule has 2 atom stereocenters. The van der Waals surface area contributed by atoms with E-state index in [-0.39, 0.29) is 16.4 Å². The Labute approximate surface area is 168 Å².